The molecule has 2 saturated carbocycles. The van der Waals surface area contributed by atoms with Crippen molar-refractivity contribution in [1.29, 1.82) is 5.26 Å². The summed E-state index contributed by atoms with van der Waals surface area (Å²) in [6.45, 7) is 0.407. The van der Waals surface area contributed by atoms with Crippen LogP contribution < -0.4 is 15.5 Å². The largest absolute Gasteiger partial charge is 0.451 e. The van der Waals surface area contributed by atoms with E-state index in [4.69, 9.17) is 4.42 Å². The number of nitrogens with zero attached hydrogens (tertiary/aromatic N) is 2. The van der Waals surface area contributed by atoms with Crippen LogP contribution in [0.25, 0.3) is 22.1 Å². The van der Waals surface area contributed by atoms with Gasteiger partial charge in [-0.15, -0.1) is 0 Å². The Bertz CT molecular complexity index is 1430. The van der Waals surface area contributed by atoms with Crippen LogP contribution >= 0.6 is 0 Å². The van der Waals surface area contributed by atoms with E-state index in [2.05, 4.69) is 16.7 Å². The molecule has 0 spiro atoms. The molecular weight excluding hydrogens is 487 g/mol. The molecule has 196 valence electrons. The molecule has 2 aliphatic carbocycles. The first kappa shape index (κ1) is 25.5. The number of hydrogen-bond donors (Lipinski definition) is 2. The molecule has 2 fully saturated rings. The number of fused-ring (bicyclic) bond motifs is 1. The topological polar surface area (TPSA) is 115 Å². The van der Waals surface area contributed by atoms with Gasteiger partial charge < -0.3 is 15.1 Å². The number of amides is 3. The van der Waals surface area contributed by atoms with Crippen molar-refractivity contribution in [2.75, 3.05) is 11.7 Å². The maximum absolute atomic E-state index is 13.3. The Balaban J connectivity index is 1.36. The second kappa shape index (κ2) is 9.93. The average molecular weight is 517 g/mol. The Morgan fingerprint density at radius 3 is 2.26 bits per heavy atom. The Kier molecular flexibility index (Phi) is 6.66. The number of halogens is 1. The summed E-state index contributed by atoms with van der Waals surface area (Å²) in [7, 11) is 0. The second-order valence-electron chi connectivity index (χ2n) is 10.2. The monoisotopic (exact) mass is 516 g/mol. The fourth-order valence-electron chi connectivity index (χ4n) is 5.06. The number of furan rings is 1. The summed E-state index contributed by atoms with van der Waals surface area (Å²) in [6, 6.07) is 16.3. The van der Waals surface area contributed by atoms with E-state index in [1.807, 2.05) is 18.2 Å². The van der Waals surface area contributed by atoms with Gasteiger partial charge in [-0.1, -0.05) is 43.5 Å². The van der Waals surface area contributed by atoms with Crippen LogP contribution in [0, 0.1) is 11.3 Å². The molecule has 0 aliphatic heterocycles. The van der Waals surface area contributed by atoms with Gasteiger partial charge in [0.15, 0.2) is 12.6 Å². The molecule has 0 radical (unpaired) electrons. The summed E-state index contributed by atoms with van der Waals surface area (Å²) < 4.78 is 19.1. The van der Waals surface area contributed by atoms with E-state index in [1.165, 1.54) is 6.92 Å². The molecule has 0 saturated heterocycles. The van der Waals surface area contributed by atoms with E-state index in [0.717, 1.165) is 40.7 Å². The molecule has 2 aliphatic rings. The highest BCUT2D eigenvalue weighted by Crippen LogP contribution is 2.37. The molecule has 1 aromatic heterocycles. The molecule has 38 heavy (non-hydrogen) atoms. The summed E-state index contributed by atoms with van der Waals surface area (Å²) >= 11 is 0. The van der Waals surface area contributed by atoms with Crippen molar-refractivity contribution in [3.05, 3.63) is 54.3 Å². The zero-order valence-corrected chi connectivity index (χ0v) is 21.2. The molecule has 2 N–H and O–H groups in total. The van der Waals surface area contributed by atoms with Crippen LogP contribution in [-0.2, 0) is 9.59 Å². The average Bonchev–Trinajstić information content (AvgIpc) is 3.56. The highest BCUT2D eigenvalue weighted by Gasteiger charge is 2.50. The van der Waals surface area contributed by atoms with E-state index in [0.29, 0.717) is 37.0 Å². The lowest BCUT2D eigenvalue weighted by molar-refractivity contribution is -0.129. The number of anilines is 1. The fraction of sp³-hybridized carbons (Fsp3) is 0.379. The van der Waals surface area contributed by atoms with Crippen LogP contribution in [0.15, 0.2) is 52.9 Å². The highest BCUT2D eigenvalue weighted by atomic mass is 19.1. The maximum Gasteiger partial charge on any atom is 0.287 e. The molecule has 2 aromatic carbocycles. The van der Waals surface area contributed by atoms with Crippen LogP contribution in [0.5, 0.6) is 0 Å². The Labute approximate surface area is 219 Å². The minimum absolute atomic E-state index is 0.103. The predicted molar refractivity (Wildman–Crippen MR) is 140 cm³/mol. The van der Waals surface area contributed by atoms with Gasteiger partial charge in [-0.25, -0.2) is 4.39 Å². The highest BCUT2D eigenvalue weighted by molar-refractivity contribution is 6.01. The normalized spacial score (nSPS) is 17.3. The van der Waals surface area contributed by atoms with Gasteiger partial charge in [0, 0.05) is 18.0 Å². The van der Waals surface area contributed by atoms with Crippen molar-refractivity contribution in [2.24, 2.45) is 0 Å². The van der Waals surface area contributed by atoms with Gasteiger partial charge in [0.25, 0.3) is 5.91 Å². The molecular formula is C29H29FN4O4. The third-order valence-corrected chi connectivity index (χ3v) is 7.57. The zero-order valence-electron chi connectivity index (χ0n) is 21.2. The van der Waals surface area contributed by atoms with Gasteiger partial charge in [-0.2, -0.15) is 5.26 Å². The first-order valence-electron chi connectivity index (χ1n) is 12.8. The summed E-state index contributed by atoms with van der Waals surface area (Å²) in [6.07, 6.45) is 4.88. The van der Waals surface area contributed by atoms with E-state index < -0.39 is 23.8 Å². The summed E-state index contributed by atoms with van der Waals surface area (Å²) in [5.41, 5.74) is 0.760. The number of rotatable bonds is 7. The summed E-state index contributed by atoms with van der Waals surface area (Å²) in [5, 5.41) is 16.0. The van der Waals surface area contributed by atoms with E-state index in [-0.39, 0.29) is 17.6 Å². The predicted octanol–water partition coefficient (Wildman–Crippen LogP) is 4.98. The van der Waals surface area contributed by atoms with Gasteiger partial charge in [0.1, 0.15) is 16.7 Å². The lowest BCUT2D eigenvalue weighted by Gasteiger charge is -2.37. The smallest absolute Gasteiger partial charge is 0.287 e. The number of carbonyl (C=O) groups is 3. The molecule has 0 atom stereocenters. The third-order valence-electron chi connectivity index (χ3n) is 7.57. The lowest BCUT2D eigenvalue weighted by Crippen LogP contribution is -2.61. The van der Waals surface area contributed by atoms with E-state index in [9.17, 15) is 24.0 Å². The fourth-order valence-corrected chi connectivity index (χ4v) is 5.06. The Morgan fingerprint density at radius 1 is 0.974 bits per heavy atom. The van der Waals surface area contributed by atoms with Crippen molar-refractivity contribution in [2.45, 2.75) is 62.9 Å². The van der Waals surface area contributed by atoms with Crippen LogP contribution in [0.3, 0.4) is 0 Å². The molecule has 1 heterocycles. The number of hydrogen-bond acceptors (Lipinski definition) is 5. The number of alkyl halides is 1. The third kappa shape index (κ3) is 4.86. The molecule has 3 aromatic rings. The van der Waals surface area contributed by atoms with Gasteiger partial charge in [0.05, 0.1) is 6.07 Å². The standard InChI is InChI=1S/C29H29FN4O4/c1-19(35)34(18-30)23-9-7-20(8-10-23)21-5-6-22-16-25(38-24(22)15-21)26(36)32-29(11-3-2-4-12-29)27(37)33-28(17-31)13-14-28/h5-10,15-16H,2-4,11-14,18H2,1H3,(H,32,36)(H,33,37). The van der Waals surface area contributed by atoms with Gasteiger partial charge in [-0.3, -0.25) is 19.3 Å². The minimum atomic E-state index is -1.07. The van der Waals surface area contributed by atoms with E-state index in [1.54, 1.807) is 30.3 Å². The first-order valence-corrected chi connectivity index (χ1v) is 12.8. The van der Waals surface area contributed by atoms with Crippen molar-refractivity contribution in [3.63, 3.8) is 0 Å². The number of nitrogens with one attached hydrogen (secondary N) is 2. The second-order valence-corrected chi connectivity index (χ2v) is 10.2. The first-order chi connectivity index (χ1) is 18.3. The SMILES string of the molecule is CC(=O)N(CF)c1ccc(-c2ccc3cc(C(=O)NC4(C(=O)NC5(C#N)CC5)CCCCC4)oc3c2)cc1. The van der Waals surface area contributed by atoms with Crippen LogP contribution in [0.1, 0.15) is 62.4 Å². The van der Waals surface area contributed by atoms with Crippen LogP contribution in [-0.4, -0.2) is 35.6 Å². The van der Waals surface area contributed by atoms with E-state index >= 15 is 0 Å². The summed E-state index contributed by atoms with van der Waals surface area (Å²) in [4.78, 5) is 39.2. The maximum atomic E-state index is 13.3. The number of benzene rings is 2. The molecule has 8 nitrogen and oxygen atoms in total. The van der Waals surface area contributed by atoms with Crippen LogP contribution in [0.2, 0.25) is 0 Å². The molecule has 0 bridgehead atoms. The number of nitriles is 1. The van der Waals surface area contributed by atoms with Crippen molar-refractivity contribution in [3.8, 4) is 17.2 Å². The molecule has 0 unspecified atom stereocenters. The zero-order chi connectivity index (χ0) is 26.9. The lowest BCUT2D eigenvalue weighted by atomic mass is 9.80. The van der Waals surface area contributed by atoms with Gasteiger partial charge in [-0.05, 0) is 61.1 Å². The Hall–Kier alpha value is -4.19. The van der Waals surface area contributed by atoms with Crippen molar-refractivity contribution in [1.82, 2.24) is 10.6 Å². The number of carbonyl (C=O) groups excluding carboxylic acids is 3. The molecule has 9 heteroatoms. The minimum Gasteiger partial charge on any atom is -0.451 e. The Morgan fingerprint density at radius 2 is 1.66 bits per heavy atom. The quantitative estimate of drug-likeness (QED) is 0.430. The van der Waals surface area contributed by atoms with Gasteiger partial charge >= 0.3 is 0 Å². The van der Waals surface area contributed by atoms with Crippen molar-refractivity contribution >= 4 is 34.4 Å². The summed E-state index contributed by atoms with van der Waals surface area (Å²) in [5.74, 6) is -1.05. The molecule has 3 amide bonds. The van der Waals surface area contributed by atoms with Crippen molar-refractivity contribution < 1.29 is 23.2 Å². The van der Waals surface area contributed by atoms with Crippen LogP contribution in [0.4, 0.5) is 10.1 Å². The van der Waals surface area contributed by atoms with Gasteiger partial charge in [0.2, 0.25) is 11.8 Å². The molecule has 5 rings (SSSR count).